The molecule has 1 heterocycles. The van der Waals surface area contributed by atoms with E-state index >= 15 is 0 Å². The van der Waals surface area contributed by atoms with Gasteiger partial charge in [-0.05, 0) is 31.6 Å². The first-order valence-electron chi connectivity index (χ1n) is 6.61. The largest absolute Gasteiger partial charge is 0.342 e. The van der Waals surface area contributed by atoms with Crippen LogP contribution < -0.4 is 0 Å². The van der Waals surface area contributed by atoms with Crippen molar-refractivity contribution < 1.29 is 4.79 Å². The molecule has 16 heavy (non-hydrogen) atoms. The van der Waals surface area contributed by atoms with Crippen LogP contribution in [-0.2, 0) is 4.79 Å². The molecule has 0 saturated carbocycles. The molecule has 1 rings (SSSR count). The van der Waals surface area contributed by atoms with Crippen molar-refractivity contribution in [3.63, 3.8) is 0 Å². The predicted molar refractivity (Wildman–Crippen MR) is 71.8 cm³/mol. The van der Waals surface area contributed by atoms with Gasteiger partial charge in [0.2, 0.25) is 5.91 Å². The van der Waals surface area contributed by atoms with Gasteiger partial charge in [0.15, 0.2) is 0 Å². The topological polar surface area (TPSA) is 20.3 Å². The molecule has 2 unspecified atom stereocenters. The minimum atomic E-state index is 0.0234. The number of alkyl halides is 1. The summed E-state index contributed by atoms with van der Waals surface area (Å²) < 4.78 is 0. The minimum absolute atomic E-state index is 0.0234. The maximum absolute atomic E-state index is 12.0. The molecule has 0 aromatic rings. The van der Waals surface area contributed by atoms with E-state index in [1.165, 1.54) is 32.1 Å². The van der Waals surface area contributed by atoms with Crippen molar-refractivity contribution in [1.29, 1.82) is 0 Å². The average Bonchev–Trinajstić information content (AvgIpc) is 2.53. The lowest BCUT2D eigenvalue weighted by molar-refractivity contribution is -0.130. The van der Waals surface area contributed by atoms with Gasteiger partial charge in [0.1, 0.15) is 0 Å². The third-order valence-corrected chi connectivity index (χ3v) is 4.52. The lowest BCUT2D eigenvalue weighted by Crippen LogP contribution is -2.37. The fourth-order valence-corrected chi connectivity index (χ4v) is 2.74. The van der Waals surface area contributed by atoms with E-state index in [2.05, 4.69) is 34.7 Å². The Morgan fingerprint density at radius 3 is 2.75 bits per heavy atom. The zero-order chi connectivity index (χ0) is 12.0. The highest BCUT2D eigenvalue weighted by Gasteiger charge is 2.23. The molecule has 0 spiro atoms. The molecule has 1 aliphatic heterocycles. The zero-order valence-electron chi connectivity index (χ0n) is 10.5. The van der Waals surface area contributed by atoms with E-state index in [0.717, 1.165) is 25.4 Å². The molecule has 1 amide bonds. The Hall–Kier alpha value is -0.0500. The average molecular weight is 290 g/mol. The van der Waals surface area contributed by atoms with Crippen molar-refractivity contribution >= 4 is 21.8 Å². The van der Waals surface area contributed by atoms with E-state index in [4.69, 9.17) is 0 Å². The molecular weight excluding hydrogens is 266 g/mol. The monoisotopic (exact) mass is 289 g/mol. The van der Waals surface area contributed by atoms with E-state index in [1.54, 1.807) is 0 Å². The summed E-state index contributed by atoms with van der Waals surface area (Å²) in [5, 5.41) is 0. The second-order valence-corrected chi connectivity index (χ2v) is 5.89. The SMILES string of the molecule is CCCC1CCCN(C(=O)C(Br)CC)CC1. The molecule has 2 nitrogen and oxygen atoms in total. The second-order valence-electron chi connectivity index (χ2n) is 4.79. The normalized spacial score (nSPS) is 23.9. The lowest BCUT2D eigenvalue weighted by atomic mass is 9.96. The standard InChI is InChI=1S/C13H24BrNO/c1-3-6-11-7-5-9-15(10-8-11)13(16)12(14)4-2/h11-12H,3-10H2,1-2H3. The van der Waals surface area contributed by atoms with Crippen molar-refractivity contribution in [3.8, 4) is 0 Å². The molecule has 2 atom stereocenters. The molecule has 1 saturated heterocycles. The van der Waals surface area contributed by atoms with Crippen LogP contribution in [0.2, 0.25) is 0 Å². The van der Waals surface area contributed by atoms with Gasteiger partial charge in [0.25, 0.3) is 0 Å². The molecule has 0 aromatic carbocycles. The molecule has 0 aromatic heterocycles. The van der Waals surface area contributed by atoms with Gasteiger partial charge in [0.05, 0.1) is 4.83 Å². The molecule has 0 radical (unpaired) electrons. The van der Waals surface area contributed by atoms with Crippen LogP contribution in [0, 0.1) is 5.92 Å². The molecule has 1 fully saturated rings. The van der Waals surface area contributed by atoms with Crippen LogP contribution in [0.4, 0.5) is 0 Å². The van der Waals surface area contributed by atoms with Crippen LogP contribution >= 0.6 is 15.9 Å². The van der Waals surface area contributed by atoms with Gasteiger partial charge in [0, 0.05) is 13.1 Å². The summed E-state index contributed by atoms with van der Waals surface area (Å²) in [7, 11) is 0. The number of hydrogen-bond acceptors (Lipinski definition) is 1. The van der Waals surface area contributed by atoms with Gasteiger partial charge in [-0.2, -0.15) is 0 Å². The van der Waals surface area contributed by atoms with E-state index in [-0.39, 0.29) is 4.83 Å². The number of rotatable bonds is 4. The van der Waals surface area contributed by atoms with Crippen molar-refractivity contribution in [1.82, 2.24) is 4.90 Å². The number of amides is 1. The summed E-state index contributed by atoms with van der Waals surface area (Å²) in [6.07, 6.45) is 7.16. The van der Waals surface area contributed by atoms with E-state index in [0.29, 0.717) is 5.91 Å². The Bertz CT molecular complexity index is 220. The fraction of sp³-hybridized carbons (Fsp3) is 0.923. The number of likely N-dealkylation sites (tertiary alicyclic amines) is 1. The summed E-state index contributed by atoms with van der Waals surface area (Å²) in [5.74, 6) is 1.14. The number of hydrogen-bond donors (Lipinski definition) is 0. The first-order valence-corrected chi connectivity index (χ1v) is 7.53. The number of halogens is 1. The molecule has 0 N–H and O–H groups in total. The molecule has 94 valence electrons. The zero-order valence-corrected chi connectivity index (χ0v) is 12.1. The van der Waals surface area contributed by atoms with E-state index < -0.39 is 0 Å². The van der Waals surface area contributed by atoms with Gasteiger partial charge in [-0.3, -0.25) is 4.79 Å². The molecule has 0 bridgehead atoms. The third kappa shape index (κ3) is 4.08. The van der Waals surface area contributed by atoms with Crippen molar-refractivity contribution in [2.75, 3.05) is 13.1 Å². The molecular formula is C13H24BrNO. The molecule has 1 aliphatic rings. The van der Waals surface area contributed by atoms with E-state index in [1.807, 2.05) is 0 Å². The van der Waals surface area contributed by atoms with Gasteiger partial charge in [-0.1, -0.05) is 42.6 Å². The first kappa shape index (κ1) is 14.0. The fourth-order valence-electron chi connectivity index (χ4n) is 2.46. The van der Waals surface area contributed by atoms with Crippen LogP contribution in [-0.4, -0.2) is 28.7 Å². The number of carbonyl (C=O) groups excluding carboxylic acids is 1. The smallest absolute Gasteiger partial charge is 0.236 e. The Labute approximate surface area is 108 Å². The maximum atomic E-state index is 12.0. The molecule has 3 heteroatoms. The van der Waals surface area contributed by atoms with Gasteiger partial charge >= 0.3 is 0 Å². The highest BCUT2D eigenvalue weighted by atomic mass is 79.9. The van der Waals surface area contributed by atoms with Crippen LogP contribution in [0.25, 0.3) is 0 Å². The highest BCUT2D eigenvalue weighted by Crippen LogP contribution is 2.23. The summed E-state index contributed by atoms with van der Waals surface area (Å²) in [4.78, 5) is 14.1. The minimum Gasteiger partial charge on any atom is -0.342 e. The van der Waals surface area contributed by atoms with Crippen LogP contribution in [0.1, 0.15) is 52.4 Å². The summed E-state index contributed by atoms with van der Waals surface area (Å²) in [6.45, 7) is 6.22. The lowest BCUT2D eigenvalue weighted by Gasteiger charge is -2.23. The predicted octanol–water partition coefficient (Wildman–Crippen LogP) is 3.59. The Kier molecular flexibility index (Phi) is 6.40. The van der Waals surface area contributed by atoms with Gasteiger partial charge in [-0.15, -0.1) is 0 Å². The van der Waals surface area contributed by atoms with Crippen molar-refractivity contribution in [2.24, 2.45) is 5.92 Å². The molecule has 0 aliphatic carbocycles. The summed E-state index contributed by atoms with van der Waals surface area (Å²) in [5.41, 5.74) is 0. The Morgan fingerprint density at radius 1 is 1.38 bits per heavy atom. The van der Waals surface area contributed by atoms with Gasteiger partial charge in [-0.25, -0.2) is 0 Å². The quantitative estimate of drug-likeness (QED) is 0.725. The van der Waals surface area contributed by atoms with Crippen molar-refractivity contribution in [3.05, 3.63) is 0 Å². The van der Waals surface area contributed by atoms with Crippen LogP contribution in [0.3, 0.4) is 0 Å². The Morgan fingerprint density at radius 2 is 2.12 bits per heavy atom. The number of nitrogens with zero attached hydrogens (tertiary/aromatic N) is 1. The Balaban J connectivity index is 2.43. The van der Waals surface area contributed by atoms with Crippen molar-refractivity contribution in [2.45, 2.75) is 57.2 Å². The van der Waals surface area contributed by atoms with E-state index in [9.17, 15) is 4.79 Å². The van der Waals surface area contributed by atoms with Gasteiger partial charge < -0.3 is 4.90 Å². The highest BCUT2D eigenvalue weighted by molar-refractivity contribution is 9.10. The van der Waals surface area contributed by atoms with Crippen LogP contribution in [0.15, 0.2) is 0 Å². The van der Waals surface area contributed by atoms with Crippen LogP contribution in [0.5, 0.6) is 0 Å². The second kappa shape index (κ2) is 7.31. The third-order valence-electron chi connectivity index (χ3n) is 3.48. The maximum Gasteiger partial charge on any atom is 0.236 e. The number of carbonyl (C=O) groups is 1. The first-order chi connectivity index (χ1) is 7.69. The summed E-state index contributed by atoms with van der Waals surface area (Å²) >= 11 is 3.46. The summed E-state index contributed by atoms with van der Waals surface area (Å²) in [6, 6.07) is 0.